The van der Waals surface area contributed by atoms with Gasteiger partial charge in [-0.2, -0.15) is 0 Å². The monoisotopic (exact) mass is 196 g/mol. The second kappa shape index (κ2) is 2.92. The second-order valence-electron chi connectivity index (χ2n) is 3.05. The van der Waals surface area contributed by atoms with Crippen molar-refractivity contribution in [1.82, 2.24) is 0 Å². The molecule has 0 spiro atoms. The Morgan fingerprint density at radius 2 is 2.15 bits per heavy atom. The van der Waals surface area contributed by atoms with Gasteiger partial charge in [0.25, 0.3) is 0 Å². The van der Waals surface area contributed by atoms with Gasteiger partial charge in [-0.15, -0.1) is 0 Å². The van der Waals surface area contributed by atoms with Crippen LogP contribution in [-0.2, 0) is 4.79 Å². The summed E-state index contributed by atoms with van der Waals surface area (Å²) in [5.41, 5.74) is 1.66. The molecule has 1 heterocycles. The summed E-state index contributed by atoms with van der Waals surface area (Å²) < 4.78 is 0. The number of rotatable bonds is 0. The van der Waals surface area contributed by atoms with E-state index in [1.165, 1.54) is 0 Å². The molecule has 2 N–H and O–H groups in total. The lowest BCUT2D eigenvalue weighted by Crippen LogP contribution is -2.36. The highest BCUT2D eigenvalue weighted by Crippen LogP contribution is 2.29. The second-order valence-corrected chi connectivity index (χ2v) is 3.48. The van der Waals surface area contributed by atoms with E-state index >= 15 is 0 Å². The van der Waals surface area contributed by atoms with Gasteiger partial charge in [0.1, 0.15) is 6.04 Å². The zero-order valence-electron chi connectivity index (χ0n) is 7.10. The minimum absolute atomic E-state index is 0.0326. The van der Waals surface area contributed by atoms with E-state index in [0.717, 1.165) is 11.4 Å². The molecule has 0 unspecified atom stereocenters. The molecule has 0 aromatic heterocycles. The summed E-state index contributed by atoms with van der Waals surface area (Å²) in [5, 5.41) is 6.45. The zero-order chi connectivity index (χ0) is 9.42. The van der Waals surface area contributed by atoms with Crippen LogP contribution in [0.1, 0.15) is 6.92 Å². The Hall–Kier alpha value is -1.22. The molecule has 0 aliphatic carbocycles. The number of amides is 1. The molecule has 1 amide bonds. The Morgan fingerprint density at radius 3 is 2.92 bits per heavy atom. The number of anilines is 2. The van der Waals surface area contributed by atoms with E-state index in [1.54, 1.807) is 12.1 Å². The number of nitrogens with one attached hydrogen (secondary N) is 2. The molecule has 1 aliphatic rings. The van der Waals surface area contributed by atoms with Crippen LogP contribution in [0, 0.1) is 0 Å². The fraction of sp³-hybridized carbons (Fsp3) is 0.222. The lowest BCUT2D eigenvalue weighted by molar-refractivity contribution is -0.116. The van der Waals surface area contributed by atoms with Crippen LogP contribution in [0.3, 0.4) is 0 Å². The molecular formula is C9H9ClN2O. The van der Waals surface area contributed by atoms with E-state index in [9.17, 15) is 4.79 Å². The normalized spacial score (nSPS) is 20.2. The van der Waals surface area contributed by atoms with Gasteiger partial charge in [0.15, 0.2) is 0 Å². The molecule has 2 rings (SSSR count). The predicted molar refractivity (Wildman–Crippen MR) is 53.2 cm³/mol. The van der Waals surface area contributed by atoms with Gasteiger partial charge in [-0.05, 0) is 25.1 Å². The first-order valence-electron chi connectivity index (χ1n) is 4.04. The van der Waals surface area contributed by atoms with Crippen molar-refractivity contribution < 1.29 is 4.79 Å². The smallest absolute Gasteiger partial charge is 0.246 e. The fourth-order valence-corrected chi connectivity index (χ4v) is 1.46. The van der Waals surface area contributed by atoms with E-state index < -0.39 is 0 Å². The first kappa shape index (κ1) is 8.38. The molecule has 1 atom stereocenters. The lowest BCUT2D eigenvalue weighted by Gasteiger charge is -2.24. The maximum absolute atomic E-state index is 11.3. The molecule has 1 aromatic rings. The average Bonchev–Trinajstić information content (AvgIpc) is 2.08. The highest BCUT2D eigenvalue weighted by atomic mass is 35.5. The van der Waals surface area contributed by atoms with Gasteiger partial charge in [0.05, 0.1) is 11.4 Å². The van der Waals surface area contributed by atoms with E-state index in [-0.39, 0.29) is 11.9 Å². The fourth-order valence-electron chi connectivity index (χ4n) is 1.29. The topological polar surface area (TPSA) is 41.1 Å². The van der Waals surface area contributed by atoms with E-state index in [1.807, 2.05) is 13.0 Å². The maximum Gasteiger partial charge on any atom is 0.246 e. The summed E-state index contributed by atoms with van der Waals surface area (Å²) in [6.45, 7) is 1.81. The SMILES string of the molecule is C[C@H]1Nc2ccc(Cl)cc2NC1=O. The first-order chi connectivity index (χ1) is 6.16. The molecule has 0 saturated carbocycles. The molecule has 0 saturated heterocycles. The molecule has 3 nitrogen and oxygen atoms in total. The van der Waals surface area contributed by atoms with Crippen LogP contribution in [0.25, 0.3) is 0 Å². The predicted octanol–water partition coefficient (Wildman–Crippen LogP) is 2.09. The third-order valence-corrected chi connectivity index (χ3v) is 2.24. The van der Waals surface area contributed by atoms with Crippen molar-refractivity contribution in [3.8, 4) is 0 Å². The first-order valence-corrected chi connectivity index (χ1v) is 4.41. The van der Waals surface area contributed by atoms with Crippen molar-refractivity contribution in [2.45, 2.75) is 13.0 Å². The molecule has 68 valence electrons. The molecule has 4 heteroatoms. The number of carbonyl (C=O) groups is 1. The molecular weight excluding hydrogens is 188 g/mol. The Bertz CT molecular complexity index is 365. The van der Waals surface area contributed by atoms with Gasteiger partial charge in [0.2, 0.25) is 5.91 Å². The van der Waals surface area contributed by atoms with Crippen LogP contribution in [0.15, 0.2) is 18.2 Å². The van der Waals surface area contributed by atoms with Gasteiger partial charge in [-0.25, -0.2) is 0 Å². The zero-order valence-corrected chi connectivity index (χ0v) is 7.85. The Balaban J connectivity index is 2.42. The Morgan fingerprint density at radius 1 is 1.38 bits per heavy atom. The summed E-state index contributed by atoms with van der Waals surface area (Å²) >= 11 is 5.78. The standard InChI is InChI=1S/C9H9ClN2O/c1-5-9(13)12-8-4-6(10)2-3-7(8)11-5/h2-5,11H,1H3,(H,12,13)/t5-/m1/s1. The van der Waals surface area contributed by atoms with E-state index in [2.05, 4.69) is 10.6 Å². The Labute approximate surface area is 81.1 Å². The molecule has 0 bridgehead atoms. The van der Waals surface area contributed by atoms with Crippen LogP contribution >= 0.6 is 11.6 Å². The van der Waals surface area contributed by atoms with E-state index in [0.29, 0.717) is 5.02 Å². The molecule has 13 heavy (non-hydrogen) atoms. The van der Waals surface area contributed by atoms with Crippen LogP contribution < -0.4 is 10.6 Å². The summed E-state index contributed by atoms with van der Waals surface area (Å²) in [7, 11) is 0. The van der Waals surface area contributed by atoms with Crippen molar-refractivity contribution in [3.63, 3.8) is 0 Å². The molecule has 1 aliphatic heterocycles. The van der Waals surface area contributed by atoms with Crippen molar-refractivity contribution in [2.75, 3.05) is 10.6 Å². The maximum atomic E-state index is 11.3. The van der Waals surface area contributed by atoms with Crippen molar-refractivity contribution in [2.24, 2.45) is 0 Å². The van der Waals surface area contributed by atoms with E-state index in [4.69, 9.17) is 11.6 Å². The van der Waals surface area contributed by atoms with Gasteiger partial charge in [-0.1, -0.05) is 11.6 Å². The minimum atomic E-state index is -0.186. The largest absolute Gasteiger partial charge is 0.372 e. The molecule has 0 fully saturated rings. The van der Waals surface area contributed by atoms with Gasteiger partial charge in [-0.3, -0.25) is 4.79 Å². The lowest BCUT2D eigenvalue weighted by atomic mass is 10.1. The Kier molecular flexibility index (Phi) is 1.88. The van der Waals surface area contributed by atoms with Crippen molar-refractivity contribution in [1.29, 1.82) is 0 Å². The third-order valence-electron chi connectivity index (χ3n) is 2.00. The number of carbonyl (C=O) groups excluding carboxylic acids is 1. The number of hydrogen-bond donors (Lipinski definition) is 2. The quantitative estimate of drug-likeness (QED) is 0.667. The molecule has 0 radical (unpaired) electrons. The third kappa shape index (κ3) is 1.47. The van der Waals surface area contributed by atoms with Crippen LogP contribution in [0.5, 0.6) is 0 Å². The highest BCUT2D eigenvalue weighted by molar-refractivity contribution is 6.31. The van der Waals surface area contributed by atoms with Gasteiger partial charge >= 0.3 is 0 Å². The minimum Gasteiger partial charge on any atom is -0.372 e. The van der Waals surface area contributed by atoms with Crippen LogP contribution in [0.2, 0.25) is 5.02 Å². The van der Waals surface area contributed by atoms with Gasteiger partial charge < -0.3 is 10.6 Å². The van der Waals surface area contributed by atoms with Crippen LogP contribution in [0.4, 0.5) is 11.4 Å². The summed E-state index contributed by atoms with van der Waals surface area (Å²) in [5.74, 6) is -0.0326. The number of hydrogen-bond acceptors (Lipinski definition) is 2. The summed E-state index contributed by atoms with van der Waals surface area (Å²) in [4.78, 5) is 11.3. The van der Waals surface area contributed by atoms with Crippen molar-refractivity contribution in [3.05, 3.63) is 23.2 Å². The summed E-state index contributed by atoms with van der Waals surface area (Å²) in [6, 6.07) is 5.19. The average molecular weight is 197 g/mol. The number of fused-ring (bicyclic) bond motifs is 1. The molecule has 1 aromatic carbocycles. The number of benzene rings is 1. The van der Waals surface area contributed by atoms with Gasteiger partial charge in [0, 0.05) is 5.02 Å². The summed E-state index contributed by atoms with van der Waals surface area (Å²) in [6.07, 6.45) is 0. The van der Waals surface area contributed by atoms with Crippen LogP contribution in [-0.4, -0.2) is 11.9 Å². The van der Waals surface area contributed by atoms with Crippen molar-refractivity contribution >= 4 is 28.9 Å². The number of halogens is 1. The highest BCUT2D eigenvalue weighted by Gasteiger charge is 2.20.